The predicted octanol–water partition coefficient (Wildman–Crippen LogP) is 3.10. The summed E-state index contributed by atoms with van der Waals surface area (Å²) in [5.41, 5.74) is 1.27. The number of likely N-dealkylation sites (N-methyl/N-ethyl adjacent to an activating group) is 1. The first kappa shape index (κ1) is 22.1. The van der Waals surface area contributed by atoms with Crippen LogP contribution >= 0.6 is 0 Å². The van der Waals surface area contributed by atoms with E-state index in [0.717, 1.165) is 44.0 Å². The van der Waals surface area contributed by atoms with E-state index in [4.69, 9.17) is 0 Å². The molecular weight excluding hydrogens is 447 g/mol. The van der Waals surface area contributed by atoms with Crippen LogP contribution in [0.25, 0.3) is 16.6 Å². The van der Waals surface area contributed by atoms with E-state index < -0.39 is 11.7 Å². The molecule has 0 bridgehead atoms. The van der Waals surface area contributed by atoms with Crippen LogP contribution in [0.2, 0.25) is 0 Å². The van der Waals surface area contributed by atoms with Gasteiger partial charge in [-0.3, -0.25) is 4.98 Å². The minimum absolute atomic E-state index is 0.135. The summed E-state index contributed by atoms with van der Waals surface area (Å²) >= 11 is 0. The monoisotopic (exact) mass is 471 g/mol. The third kappa shape index (κ3) is 4.28. The Kier molecular flexibility index (Phi) is 5.60. The molecule has 4 aromatic rings. The van der Waals surface area contributed by atoms with E-state index >= 15 is 0 Å². The summed E-state index contributed by atoms with van der Waals surface area (Å²) < 4.78 is 42.3. The summed E-state index contributed by atoms with van der Waals surface area (Å²) in [5, 5.41) is 19.3. The highest BCUT2D eigenvalue weighted by Gasteiger charge is 2.32. The van der Waals surface area contributed by atoms with Gasteiger partial charge in [0.15, 0.2) is 11.5 Å². The first-order valence-corrected chi connectivity index (χ1v) is 10.9. The molecule has 5 rings (SSSR count). The van der Waals surface area contributed by atoms with Crippen molar-refractivity contribution in [2.24, 2.45) is 0 Å². The van der Waals surface area contributed by atoms with E-state index in [2.05, 4.69) is 47.8 Å². The average Bonchev–Trinajstić information content (AvgIpc) is 3.24. The molecule has 12 heteroatoms. The van der Waals surface area contributed by atoms with Gasteiger partial charge in [-0.05, 0) is 37.4 Å². The number of anilines is 3. The number of hydrogen-bond donors (Lipinski definition) is 2. The van der Waals surface area contributed by atoms with E-state index in [1.165, 1.54) is 0 Å². The number of benzene rings is 1. The molecule has 0 aliphatic carbocycles. The smallest absolute Gasteiger partial charge is 0.377 e. The molecule has 0 unspecified atom stereocenters. The fourth-order valence-electron chi connectivity index (χ4n) is 4.02. The molecule has 0 amide bonds. The second kappa shape index (κ2) is 8.60. The molecule has 34 heavy (non-hydrogen) atoms. The second-order valence-electron chi connectivity index (χ2n) is 8.28. The zero-order valence-electron chi connectivity index (χ0n) is 18.8. The molecule has 1 aromatic carbocycles. The molecule has 0 spiro atoms. The van der Waals surface area contributed by atoms with Crippen LogP contribution in [0.3, 0.4) is 0 Å². The summed E-state index contributed by atoms with van der Waals surface area (Å²) in [4.78, 5) is 8.82. The lowest BCUT2D eigenvalue weighted by Gasteiger charge is -2.34. The molecule has 4 heterocycles. The van der Waals surface area contributed by atoms with Gasteiger partial charge < -0.3 is 20.4 Å². The van der Waals surface area contributed by atoms with Crippen LogP contribution in [0, 0.1) is 0 Å². The lowest BCUT2D eigenvalue weighted by Crippen LogP contribution is -2.44. The minimum Gasteiger partial charge on any atom is -0.377 e. The van der Waals surface area contributed by atoms with Crippen molar-refractivity contribution < 1.29 is 13.2 Å². The van der Waals surface area contributed by atoms with Gasteiger partial charge in [-0.1, -0.05) is 0 Å². The summed E-state index contributed by atoms with van der Waals surface area (Å²) in [6.07, 6.45) is -2.85. The molecule has 0 atom stereocenters. The Balaban J connectivity index is 1.51. The third-order valence-corrected chi connectivity index (χ3v) is 6.00. The molecule has 3 aromatic heterocycles. The van der Waals surface area contributed by atoms with E-state index in [0.29, 0.717) is 28.4 Å². The normalized spacial score (nSPS) is 15.3. The van der Waals surface area contributed by atoms with Crippen molar-refractivity contribution in [2.75, 3.05) is 55.8 Å². The average molecular weight is 471 g/mol. The van der Waals surface area contributed by atoms with Gasteiger partial charge in [0.25, 0.3) is 0 Å². The molecular formula is C22H24F3N9. The first-order chi connectivity index (χ1) is 16.3. The number of nitrogens with zero attached hydrogens (tertiary/aromatic N) is 7. The maximum Gasteiger partial charge on any atom is 0.416 e. The summed E-state index contributed by atoms with van der Waals surface area (Å²) in [6.45, 7) is 3.63. The highest BCUT2D eigenvalue weighted by molar-refractivity contribution is 5.94. The number of alkyl halides is 3. The lowest BCUT2D eigenvalue weighted by atomic mass is 10.1. The van der Waals surface area contributed by atoms with Crippen molar-refractivity contribution in [1.29, 1.82) is 0 Å². The van der Waals surface area contributed by atoms with Gasteiger partial charge in [-0.2, -0.15) is 17.7 Å². The van der Waals surface area contributed by atoms with Crippen molar-refractivity contribution in [3.05, 3.63) is 47.9 Å². The fraction of sp³-hybridized carbons (Fsp3) is 0.364. The number of halogens is 3. The van der Waals surface area contributed by atoms with Crippen molar-refractivity contribution in [3.63, 3.8) is 0 Å². The minimum atomic E-state index is -4.49. The van der Waals surface area contributed by atoms with Crippen molar-refractivity contribution >= 4 is 33.7 Å². The Morgan fingerprint density at radius 2 is 1.82 bits per heavy atom. The molecule has 1 fully saturated rings. The number of pyridine rings is 1. The number of aromatic nitrogens is 5. The Morgan fingerprint density at radius 3 is 2.56 bits per heavy atom. The van der Waals surface area contributed by atoms with E-state index in [1.807, 2.05) is 6.07 Å². The summed E-state index contributed by atoms with van der Waals surface area (Å²) in [5.74, 6) is 1.10. The predicted molar refractivity (Wildman–Crippen MR) is 124 cm³/mol. The van der Waals surface area contributed by atoms with Crippen molar-refractivity contribution in [2.45, 2.75) is 12.7 Å². The van der Waals surface area contributed by atoms with Crippen molar-refractivity contribution in [1.82, 2.24) is 29.7 Å². The van der Waals surface area contributed by atoms with Crippen LogP contribution in [0.5, 0.6) is 0 Å². The van der Waals surface area contributed by atoms with Gasteiger partial charge in [0.2, 0.25) is 0 Å². The lowest BCUT2D eigenvalue weighted by molar-refractivity contribution is -0.137. The molecule has 2 N–H and O–H groups in total. The maximum atomic E-state index is 13.6. The zero-order valence-corrected chi connectivity index (χ0v) is 18.8. The largest absolute Gasteiger partial charge is 0.416 e. The van der Waals surface area contributed by atoms with Crippen molar-refractivity contribution in [3.8, 4) is 0 Å². The van der Waals surface area contributed by atoms with Crippen LogP contribution in [0.15, 0.2) is 36.5 Å². The Morgan fingerprint density at radius 1 is 1.03 bits per heavy atom. The third-order valence-electron chi connectivity index (χ3n) is 6.00. The van der Waals surface area contributed by atoms with Crippen LogP contribution < -0.4 is 15.5 Å². The van der Waals surface area contributed by atoms with Crippen LogP contribution in [0.4, 0.5) is 30.4 Å². The van der Waals surface area contributed by atoms with Gasteiger partial charge in [0.1, 0.15) is 5.82 Å². The topological polar surface area (TPSA) is 86.5 Å². The molecule has 1 aliphatic rings. The standard InChI is InChI=1S/C22H24F3N9/c1-26-19-3-4-20-29-30-21(34(20)31-19)13-28-18-10-14(22(23,24)25)9-17-16(18)11-15(12-27-17)33-7-5-32(2)6-8-33/h3-4,9-12,28H,5-8,13H2,1-2H3,(H,26,31). The van der Waals surface area contributed by atoms with Gasteiger partial charge in [-0.25, -0.2) is 0 Å². The summed E-state index contributed by atoms with van der Waals surface area (Å²) in [6, 6.07) is 7.64. The maximum absolute atomic E-state index is 13.6. The molecule has 1 aliphatic heterocycles. The molecule has 178 valence electrons. The van der Waals surface area contributed by atoms with Gasteiger partial charge in [0.05, 0.1) is 29.5 Å². The molecule has 9 nitrogen and oxygen atoms in total. The molecule has 0 saturated carbocycles. The van der Waals surface area contributed by atoms with E-state index in [1.54, 1.807) is 29.9 Å². The Labute approximate surface area is 193 Å². The number of rotatable bonds is 5. The van der Waals surface area contributed by atoms with Gasteiger partial charge >= 0.3 is 6.18 Å². The van der Waals surface area contributed by atoms with Crippen LogP contribution in [0.1, 0.15) is 11.4 Å². The quantitative estimate of drug-likeness (QED) is 0.459. The van der Waals surface area contributed by atoms with Crippen LogP contribution in [-0.2, 0) is 12.7 Å². The highest BCUT2D eigenvalue weighted by atomic mass is 19.4. The number of fused-ring (bicyclic) bond motifs is 2. The molecule has 1 saturated heterocycles. The Bertz CT molecular complexity index is 1330. The fourth-order valence-corrected chi connectivity index (χ4v) is 4.02. The number of piperazine rings is 1. The summed E-state index contributed by atoms with van der Waals surface area (Å²) in [7, 11) is 3.81. The van der Waals surface area contributed by atoms with Crippen LogP contribution in [-0.4, -0.2) is 70.0 Å². The van der Waals surface area contributed by atoms with E-state index in [-0.39, 0.29) is 12.1 Å². The highest BCUT2D eigenvalue weighted by Crippen LogP contribution is 2.36. The number of nitrogens with one attached hydrogen (secondary N) is 2. The van der Waals surface area contributed by atoms with Gasteiger partial charge in [0, 0.05) is 44.3 Å². The SMILES string of the molecule is CNc1ccc2nnc(CNc3cc(C(F)(F)F)cc4ncc(N5CCN(C)CC5)cc34)n2n1. The second-order valence-corrected chi connectivity index (χ2v) is 8.28. The first-order valence-electron chi connectivity index (χ1n) is 10.9. The van der Waals surface area contributed by atoms with E-state index in [9.17, 15) is 13.2 Å². The molecule has 0 radical (unpaired) electrons. The Hall–Kier alpha value is -3.67. The zero-order chi connectivity index (χ0) is 23.9. The number of hydrogen-bond acceptors (Lipinski definition) is 8. The van der Waals surface area contributed by atoms with Gasteiger partial charge in [-0.15, -0.1) is 15.3 Å².